The minimum absolute atomic E-state index is 0.196. The maximum absolute atomic E-state index is 12.0. The Balaban J connectivity index is 1.28. The average molecular weight is 458 g/mol. The van der Waals surface area contributed by atoms with E-state index in [0.29, 0.717) is 0 Å². The second-order valence-electron chi connectivity index (χ2n) is 9.72. The number of hydrogen-bond acceptors (Lipinski definition) is 3. The van der Waals surface area contributed by atoms with Crippen LogP contribution < -0.4 is 0 Å². The van der Waals surface area contributed by atoms with Gasteiger partial charge in [0.2, 0.25) is 0 Å². The second kappa shape index (κ2) is 11.8. The lowest BCUT2D eigenvalue weighted by Gasteiger charge is -2.42. The predicted octanol–water partition coefficient (Wildman–Crippen LogP) is 6.10. The summed E-state index contributed by atoms with van der Waals surface area (Å²) in [6, 6.07) is 28.7. The third-order valence-electron chi connectivity index (χ3n) is 7.58. The molecule has 4 rings (SSSR count). The average Bonchev–Trinajstić information content (AvgIpc) is 2.92. The Bertz CT molecular complexity index is 939. The van der Waals surface area contributed by atoms with Crippen molar-refractivity contribution in [3.8, 4) is 0 Å². The second-order valence-corrected chi connectivity index (χ2v) is 9.72. The monoisotopic (exact) mass is 457 g/mol. The van der Waals surface area contributed by atoms with E-state index in [1.807, 2.05) is 36.4 Å². The molecule has 1 unspecified atom stereocenters. The molecule has 1 fully saturated rings. The van der Waals surface area contributed by atoms with Crippen molar-refractivity contribution in [2.45, 2.75) is 57.2 Å². The Kier molecular flexibility index (Phi) is 8.55. The van der Waals surface area contributed by atoms with Crippen LogP contribution in [-0.4, -0.2) is 34.7 Å². The molecule has 1 aliphatic rings. The van der Waals surface area contributed by atoms with Gasteiger partial charge in [-0.1, -0.05) is 91.9 Å². The topological polar surface area (TPSA) is 43.7 Å². The van der Waals surface area contributed by atoms with Crippen molar-refractivity contribution in [1.82, 2.24) is 4.90 Å². The molecule has 3 aromatic carbocycles. The molecule has 0 aliphatic carbocycles. The van der Waals surface area contributed by atoms with Crippen LogP contribution in [0.5, 0.6) is 0 Å². The number of aliphatic hydroxyl groups excluding tert-OH is 1. The zero-order valence-corrected chi connectivity index (χ0v) is 20.4. The van der Waals surface area contributed by atoms with Gasteiger partial charge < -0.3 is 15.1 Å². The Morgan fingerprint density at radius 3 is 1.91 bits per heavy atom. The maximum Gasteiger partial charge on any atom is 0.117 e. The van der Waals surface area contributed by atoms with Crippen molar-refractivity contribution in [1.29, 1.82) is 0 Å². The molecule has 3 aromatic rings. The largest absolute Gasteiger partial charge is 0.388 e. The lowest BCUT2D eigenvalue weighted by atomic mass is 9.72. The number of benzene rings is 3. The van der Waals surface area contributed by atoms with E-state index in [1.54, 1.807) is 0 Å². The Morgan fingerprint density at radius 1 is 0.824 bits per heavy atom. The molecular formula is C31H39NO2. The van der Waals surface area contributed by atoms with Gasteiger partial charge in [0, 0.05) is 0 Å². The lowest BCUT2D eigenvalue weighted by Crippen LogP contribution is -2.44. The number of nitrogens with zero attached hydrogens (tertiary/aromatic N) is 1. The SMILES string of the molecule is CCc1ccc(C(O)CCCCN2CCC(C(O)(c3ccccc3)c3ccccc3)CC2)cc1. The van der Waals surface area contributed by atoms with Crippen LogP contribution in [0.2, 0.25) is 0 Å². The minimum atomic E-state index is -0.952. The third-order valence-corrected chi connectivity index (χ3v) is 7.58. The Morgan fingerprint density at radius 2 is 1.38 bits per heavy atom. The summed E-state index contributed by atoms with van der Waals surface area (Å²) in [5, 5.41) is 22.6. The number of piperidine rings is 1. The molecule has 3 heteroatoms. The number of unbranched alkanes of at least 4 members (excludes halogenated alkanes) is 1. The normalized spacial score (nSPS) is 16.4. The van der Waals surface area contributed by atoms with Gasteiger partial charge in [0.05, 0.1) is 6.10 Å². The van der Waals surface area contributed by atoms with Gasteiger partial charge in [-0.25, -0.2) is 0 Å². The van der Waals surface area contributed by atoms with Gasteiger partial charge in [-0.3, -0.25) is 0 Å². The molecule has 1 aliphatic heterocycles. The van der Waals surface area contributed by atoms with Crippen LogP contribution in [0.25, 0.3) is 0 Å². The van der Waals surface area contributed by atoms with Gasteiger partial charge in [0.25, 0.3) is 0 Å². The van der Waals surface area contributed by atoms with Crippen LogP contribution in [0, 0.1) is 5.92 Å². The maximum atomic E-state index is 12.0. The number of rotatable bonds is 10. The summed E-state index contributed by atoms with van der Waals surface area (Å²) >= 11 is 0. The van der Waals surface area contributed by atoms with Crippen LogP contribution in [0.15, 0.2) is 84.9 Å². The molecular weight excluding hydrogens is 418 g/mol. The Hall–Kier alpha value is -2.46. The van der Waals surface area contributed by atoms with E-state index in [4.69, 9.17) is 0 Å². The van der Waals surface area contributed by atoms with E-state index in [2.05, 4.69) is 60.4 Å². The van der Waals surface area contributed by atoms with Crippen LogP contribution in [0.1, 0.15) is 67.4 Å². The van der Waals surface area contributed by atoms with Crippen molar-refractivity contribution in [3.05, 3.63) is 107 Å². The summed E-state index contributed by atoms with van der Waals surface area (Å²) in [5.41, 5.74) is 3.36. The van der Waals surface area contributed by atoms with Crippen molar-refractivity contribution in [2.75, 3.05) is 19.6 Å². The van der Waals surface area contributed by atoms with Gasteiger partial charge in [-0.05, 0) is 86.3 Å². The first-order valence-corrected chi connectivity index (χ1v) is 12.9. The number of hydrogen-bond donors (Lipinski definition) is 2. The molecule has 2 N–H and O–H groups in total. The molecule has 0 aromatic heterocycles. The van der Waals surface area contributed by atoms with Crippen LogP contribution in [-0.2, 0) is 12.0 Å². The fourth-order valence-corrected chi connectivity index (χ4v) is 5.41. The quantitative estimate of drug-likeness (QED) is 0.362. The molecule has 0 spiro atoms. The summed E-state index contributed by atoms with van der Waals surface area (Å²) < 4.78 is 0. The van der Waals surface area contributed by atoms with Gasteiger partial charge >= 0.3 is 0 Å². The molecule has 0 radical (unpaired) electrons. The lowest BCUT2D eigenvalue weighted by molar-refractivity contribution is -0.0144. The standard InChI is InChI=1S/C31H39NO2/c1-2-25-16-18-26(19-17-25)30(33)15-9-10-22-32-23-20-29(21-24-32)31(34,27-11-5-3-6-12-27)28-13-7-4-8-14-28/h3-8,11-14,16-19,29-30,33-34H,2,9-10,15,20-24H2,1H3. The molecule has 3 nitrogen and oxygen atoms in total. The van der Waals surface area contributed by atoms with E-state index in [1.165, 1.54) is 5.56 Å². The highest BCUT2D eigenvalue weighted by Crippen LogP contribution is 2.41. The molecule has 34 heavy (non-hydrogen) atoms. The van der Waals surface area contributed by atoms with Gasteiger partial charge in [0.1, 0.15) is 5.60 Å². The first kappa shape index (κ1) is 24.7. The molecule has 1 saturated heterocycles. The van der Waals surface area contributed by atoms with Crippen LogP contribution >= 0.6 is 0 Å². The summed E-state index contributed by atoms with van der Waals surface area (Å²) in [7, 11) is 0. The van der Waals surface area contributed by atoms with E-state index < -0.39 is 5.60 Å². The first-order chi connectivity index (χ1) is 16.6. The fourth-order valence-electron chi connectivity index (χ4n) is 5.41. The van der Waals surface area contributed by atoms with Crippen molar-refractivity contribution >= 4 is 0 Å². The van der Waals surface area contributed by atoms with E-state index in [0.717, 1.165) is 74.8 Å². The van der Waals surface area contributed by atoms with E-state index >= 15 is 0 Å². The Labute approximate surface area is 205 Å². The number of likely N-dealkylation sites (tertiary alicyclic amines) is 1. The highest BCUT2D eigenvalue weighted by Gasteiger charge is 2.41. The predicted molar refractivity (Wildman–Crippen MR) is 140 cm³/mol. The zero-order chi connectivity index (χ0) is 23.8. The first-order valence-electron chi connectivity index (χ1n) is 12.9. The smallest absolute Gasteiger partial charge is 0.117 e. The van der Waals surface area contributed by atoms with Gasteiger partial charge in [-0.15, -0.1) is 0 Å². The fraction of sp³-hybridized carbons (Fsp3) is 0.419. The van der Waals surface area contributed by atoms with Crippen LogP contribution in [0.3, 0.4) is 0 Å². The number of aliphatic hydroxyl groups is 2. The van der Waals surface area contributed by atoms with Crippen LogP contribution in [0.4, 0.5) is 0 Å². The van der Waals surface area contributed by atoms with Crippen molar-refractivity contribution in [2.24, 2.45) is 5.92 Å². The molecule has 1 heterocycles. The molecule has 180 valence electrons. The van der Waals surface area contributed by atoms with E-state index in [-0.39, 0.29) is 12.0 Å². The summed E-state index contributed by atoms with van der Waals surface area (Å²) in [6.07, 6.45) is 5.54. The molecule has 1 atom stereocenters. The van der Waals surface area contributed by atoms with Gasteiger partial charge in [0.15, 0.2) is 0 Å². The summed E-state index contributed by atoms with van der Waals surface area (Å²) in [6.45, 7) is 5.22. The van der Waals surface area contributed by atoms with Crippen molar-refractivity contribution < 1.29 is 10.2 Å². The molecule has 0 amide bonds. The minimum Gasteiger partial charge on any atom is -0.388 e. The van der Waals surface area contributed by atoms with Crippen molar-refractivity contribution in [3.63, 3.8) is 0 Å². The molecule has 0 bridgehead atoms. The highest BCUT2D eigenvalue weighted by atomic mass is 16.3. The number of aryl methyl sites for hydroxylation is 1. The summed E-state index contributed by atoms with van der Waals surface area (Å²) in [5.74, 6) is 0.196. The third kappa shape index (κ3) is 5.78. The highest BCUT2D eigenvalue weighted by molar-refractivity contribution is 5.37. The molecule has 0 saturated carbocycles. The van der Waals surface area contributed by atoms with E-state index in [9.17, 15) is 10.2 Å². The van der Waals surface area contributed by atoms with Gasteiger partial charge in [-0.2, -0.15) is 0 Å². The zero-order valence-electron chi connectivity index (χ0n) is 20.4. The summed E-state index contributed by atoms with van der Waals surface area (Å²) in [4.78, 5) is 2.52.